The fraction of sp³-hybridized carbons (Fsp3) is 0.417. The van der Waals surface area contributed by atoms with Gasteiger partial charge < -0.3 is 16.0 Å². The van der Waals surface area contributed by atoms with Gasteiger partial charge in [-0.15, -0.1) is 0 Å². The number of likely N-dealkylation sites (N-methyl/N-ethyl adjacent to an activating group) is 1. The predicted molar refractivity (Wildman–Crippen MR) is 124 cm³/mol. The molecule has 182 valence electrons. The average molecular weight is 474 g/mol. The lowest BCUT2D eigenvalue weighted by molar-refractivity contribution is -0.130. The molecule has 0 spiro atoms. The van der Waals surface area contributed by atoms with E-state index in [0.29, 0.717) is 5.56 Å². The van der Waals surface area contributed by atoms with Crippen LogP contribution in [0.3, 0.4) is 0 Å². The fourth-order valence-corrected chi connectivity index (χ4v) is 3.96. The Balaban J connectivity index is 1.99. The highest BCUT2D eigenvalue weighted by atomic mass is 19.1. The van der Waals surface area contributed by atoms with Gasteiger partial charge in [-0.25, -0.2) is 13.8 Å². The van der Waals surface area contributed by atoms with E-state index in [2.05, 4.69) is 20.9 Å². The van der Waals surface area contributed by atoms with Gasteiger partial charge in [-0.3, -0.25) is 19.3 Å². The van der Waals surface area contributed by atoms with Gasteiger partial charge in [0.25, 0.3) is 5.91 Å². The minimum Gasteiger partial charge on any atom is -0.343 e. The van der Waals surface area contributed by atoms with Gasteiger partial charge in [0.15, 0.2) is 0 Å². The van der Waals surface area contributed by atoms with Gasteiger partial charge in [0.1, 0.15) is 35.2 Å². The number of anilines is 2. The third-order valence-corrected chi connectivity index (χ3v) is 6.06. The van der Waals surface area contributed by atoms with Crippen molar-refractivity contribution in [2.75, 3.05) is 17.3 Å². The van der Waals surface area contributed by atoms with E-state index >= 15 is 0 Å². The van der Waals surface area contributed by atoms with Crippen molar-refractivity contribution < 1.29 is 23.2 Å². The van der Waals surface area contributed by atoms with Crippen LogP contribution < -0.4 is 20.9 Å². The highest BCUT2D eigenvalue weighted by Crippen LogP contribution is 2.40. The molecular formula is C24H29F2N5O3. The molecular weight excluding hydrogens is 444 g/mol. The van der Waals surface area contributed by atoms with Crippen LogP contribution >= 0.6 is 0 Å². The molecule has 3 amide bonds. The van der Waals surface area contributed by atoms with Crippen molar-refractivity contribution in [1.29, 1.82) is 0 Å². The Labute approximate surface area is 197 Å². The maximum atomic E-state index is 14.2. The molecule has 3 N–H and O–H groups in total. The van der Waals surface area contributed by atoms with Crippen molar-refractivity contribution in [1.82, 2.24) is 15.6 Å². The second kappa shape index (κ2) is 10.3. The number of benzene rings is 1. The molecule has 1 aliphatic heterocycles. The minimum absolute atomic E-state index is 0.274. The molecule has 10 heteroatoms. The van der Waals surface area contributed by atoms with Gasteiger partial charge >= 0.3 is 0 Å². The lowest BCUT2D eigenvalue weighted by atomic mass is 9.96. The van der Waals surface area contributed by atoms with Crippen LogP contribution in [0, 0.1) is 17.6 Å². The summed E-state index contributed by atoms with van der Waals surface area (Å²) in [6, 6.07) is 4.06. The van der Waals surface area contributed by atoms with Crippen molar-refractivity contribution in [2.45, 2.75) is 51.7 Å². The summed E-state index contributed by atoms with van der Waals surface area (Å²) in [5.74, 6) is -4.08. The summed E-state index contributed by atoms with van der Waals surface area (Å²) in [6.45, 7) is 6.94. The lowest BCUT2D eigenvalue weighted by Gasteiger charge is -2.32. The molecule has 34 heavy (non-hydrogen) atoms. The molecule has 8 nitrogen and oxygen atoms in total. The number of amides is 3. The summed E-state index contributed by atoms with van der Waals surface area (Å²) in [7, 11) is 1.63. The van der Waals surface area contributed by atoms with Gasteiger partial charge in [-0.2, -0.15) is 0 Å². The Kier molecular flexibility index (Phi) is 7.61. The Morgan fingerprint density at radius 2 is 1.71 bits per heavy atom. The number of hydrogen-bond acceptors (Lipinski definition) is 5. The van der Waals surface area contributed by atoms with Crippen LogP contribution in [0.1, 0.15) is 39.2 Å². The number of nitrogens with zero attached hydrogens (tertiary/aromatic N) is 2. The van der Waals surface area contributed by atoms with Crippen LogP contribution in [-0.2, 0) is 14.4 Å². The summed E-state index contributed by atoms with van der Waals surface area (Å²) in [5, 5.41) is 7.86. The summed E-state index contributed by atoms with van der Waals surface area (Å²) < 4.78 is 28.4. The number of para-hydroxylation sites is 1. The minimum atomic E-state index is -1.13. The summed E-state index contributed by atoms with van der Waals surface area (Å²) in [4.78, 5) is 45.1. The van der Waals surface area contributed by atoms with E-state index in [1.54, 1.807) is 46.9 Å². The molecule has 1 aliphatic rings. The molecule has 0 saturated carbocycles. The number of hydrogen-bond donors (Lipinski definition) is 3. The van der Waals surface area contributed by atoms with Crippen LogP contribution in [0.15, 0.2) is 36.5 Å². The van der Waals surface area contributed by atoms with Gasteiger partial charge in [-0.05, 0) is 38.1 Å². The van der Waals surface area contributed by atoms with Gasteiger partial charge in [0.05, 0.1) is 6.04 Å². The highest BCUT2D eigenvalue weighted by molar-refractivity contribution is 6.09. The molecule has 4 atom stereocenters. The molecule has 1 aromatic heterocycles. The summed E-state index contributed by atoms with van der Waals surface area (Å²) in [6.07, 6.45) is 1.49. The maximum absolute atomic E-state index is 14.2. The number of halogens is 2. The molecule has 0 saturated heterocycles. The van der Waals surface area contributed by atoms with Crippen molar-refractivity contribution in [2.24, 2.45) is 5.92 Å². The number of aromatic nitrogens is 1. The largest absolute Gasteiger partial charge is 0.343 e. The molecule has 1 aromatic carbocycles. The van der Waals surface area contributed by atoms with Gasteiger partial charge in [0, 0.05) is 17.7 Å². The number of nitrogens with one attached hydrogen (secondary N) is 3. The van der Waals surface area contributed by atoms with Gasteiger partial charge in [0.2, 0.25) is 11.8 Å². The maximum Gasteiger partial charge on any atom is 0.251 e. The molecule has 0 aliphatic carbocycles. The molecule has 2 aromatic rings. The number of fused-ring (bicyclic) bond motifs is 1. The summed E-state index contributed by atoms with van der Waals surface area (Å²) >= 11 is 0. The second-order valence-electron chi connectivity index (χ2n) is 8.68. The zero-order chi connectivity index (χ0) is 25.2. The van der Waals surface area contributed by atoms with E-state index in [1.165, 1.54) is 17.2 Å². The first kappa shape index (κ1) is 25.2. The van der Waals surface area contributed by atoms with E-state index in [1.807, 2.05) is 0 Å². The van der Waals surface area contributed by atoms with Crippen molar-refractivity contribution in [3.05, 3.63) is 53.7 Å². The van der Waals surface area contributed by atoms with E-state index < -0.39 is 53.2 Å². The fourth-order valence-electron chi connectivity index (χ4n) is 3.96. The first-order valence-corrected chi connectivity index (χ1v) is 11.1. The van der Waals surface area contributed by atoms with Crippen LogP contribution in [0.2, 0.25) is 0 Å². The molecule has 3 rings (SSSR count). The van der Waals surface area contributed by atoms with Crippen molar-refractivity contribution in [3.8, 4) is 0 Å². The smallest absolute Gasteiger partial charge is 0.251 e. The quantitative estimate of drug-likeness (QED) is 0.574. The number of pyridine rings is 1. The topological polar surface area (TPSA) is 103 Å². The number of carbonyl (C=O) groups excluding carboxylic acids is 3. The average Bonchev–Trinajstić information content (AvgIpc) is 3.11. The standard InChI is InChI=1S/C24H29F2N5O3/c1-12(2)18(29-22(32)14(4)27-5)24(34)31-20(13(3)15-8-7-11-28-21(15)31)23(33)30-19-16(25)9-6-10-17(19)26/h6-14,18,20,27H,1-5H3,(H,29,32)(H,30,33)/t13?,14-,18?,20?/m0/s1. The van der Waals surface area contributed by atoms with Crippen molar-refractivity contribution >= 4 is 29.2 Å². The molecule has 0 radical (unpaired) electrons. The van der Waals surface area contributed by atoms with E-state index in [9.17, 15) is 23.2 Å². The number of carbonyl (C=O) groups is 3. The molecule has 3 unspecified atom stereocenters. The molecule has 2 heterocycles. The Hall–Kier alpha value is -3.40. The van der Waals surface area contributed by atoms with E-state index in [0.717, 1.165) is 12.1 Å². The first-order valence-electron chi connectivity index (χ1n) is 11.1. The third kappa shape index (κ3) is 4.77. The zero-order valence-corrected chi connectivity index (χ0v) is 19.7. The van der Waals surface area contributed by atoms with E-state index in [-0.39, 0.29) is 17.6 Å². The third-order valence-electron chi connectivity index (χ3n) is 6.06. The van der Waals surface area contributed by atoms with Crippen LogP contribution in [0.25, 0.3) is 0 Å². The predicted octanol–water partition coefficient (Wildman–Crippen LogP) is 2.57. The number of rotatable bonds is 7. The Morgan fingerprint density at radius 1 is 1.06 bits per heavy atom. The van der Waals surface area contributed by atoms with E-state index in [4.69, 9.17) is 0 Å². The lowest BCUT2D eigenvalue weighted by Crippen LogP contribution is -2.58. The summed E-state index contributed by atoms with van der Waals surface area (Å²) in [5.41, 5.74) is 0.0509. The van der Waals surface area contributed by atoms with Crippen LogP contribution in [-0.4, -0.2) is 47.9 Å². The van der Waals surface area contributed by atoms with Crippen LogP contribution in [0.4, 0.5) is 20.3 Å². The second-order valence-corrected chi connectivity index (χ2v) is 8.68. The van der Waals surface area contributed by atoms with Gasteiger partial charge in [-0.1, -0.05) is 32.9 Å². The van der Waals surface area contributed by atoms with Crippen LogP contribution in [0.5, 0.6) is 0 Å². The zero-order valence-electron chi connectivity index (χ0n) is 19.7. The Morgan fingerprint density at radius 3 is 2.29 bits per heavy atom. The SMILES string of the molecule is CN[C@@H](C)C(=O)NC(C(=O)N1c2ncccc2C(C)C1C(=O)Nc1c(F)cccc1F)C(C)C. The molecule has 0 bridgehead atoms. The normalized spacial score (nSPS) is 18.9. The monoisotopic (exact) mass is 473 g/mol. The Bertz CT molecular complexity index is 1070. The molecule has 0 fully saturated rings. The van der Waals surface area contributed by atoms with Crippen molar-refractivity contribution in [3.63, 3.8) is 0 Å². The first-order chi connectivity index (χ1) is 16.1. The highest BCUT2D eigenvalue weighted by Gasteiger charge is 2.47.